The van der Waals surface area contributed by atoms with Gasteiger partial charge >= 0.3 is 25.5 Å². The number of fused-ring (bicyclic) bond motifs is 1. The summed E-state index contributed by atoms with van der Waals surface area (Å²) in [5.74, 6) is -1.31. The molecule has 2 aliphatic heterocycles. The number of phosphoric acid groups is 1. The number of ether oxygens (including phenoxy) is 3. The Morgan fingerprint density at radius 1 is 1.29 bits per heavy atom. The van der Waals surface area contributed by atoms with Crippen molar-refractivity contribution in [3.05, 3.63) is 33.1 Å². The Hall–Kier alpha value is -2.35. The average molecular weight is 503 g/mol. The minimum atomic E-state index is -4.19. The van der Waals surface area contributed by atoms with Crippen molar-refractivity contribution in [3.63, 3.8) is 0 Å². The first kappa shape index (κ1) is 24.8. The summed E-state index contributed by atoms with van der Waals surface area (Å²) < 4.78 is 46.7. The van der Waals surface area contributed by atoms with Gasteiger partial charge < -0.3 is 19.9 Å². The minimum absolute atomic E-state index is 0.329. The molecule has 15 heteroatoms. The number of esters is 2. The molecule has 1 unspecified atom stereocenters. The van der Waals surface area contributed by atoms with E-state index in [0.29, 0.717) is 0 Å². The van der Waals surface area contributed by atoms with E-state index in [4.69, 9.17) is 33.5 Å². The van der Waals surface area contributed by atoms with Crippen molar-refractivity contribution in [1.29, 1.82) is 0 Å². The maximum absolute atomic E-state index is 13.1. The van der Waals surface area contributed by atoms with Gasteiger partial charge in [0.2, 0.25) is 0 Å². The molecule has 14 nitrogen and oxygen atoms in total. The van der Waals surface area contributed by atoms with Gasteiger partial charge in [0, 0.05) is 19.2 Å². The lowest BCUT2D eigenvalue weighted by molar-refractivity contribution is -0.157. The number of phosphoric ester groups is 1. The molecule has 3 heterocycles. The second kappa shape index (κ2) is 8.40. The maximum Gasteiger partial charge on any atom is 0.476 e. The number of aromatic amines is 1. The summed E-state index contributed by atoms with van der Waals surface area (Å²) in [5.41, 5.74) is 2.38. The van der Waals surface area contributed by atoms with Crippen LogP contribution in [0.2, 0.25) is 0 Å². The summed E-state index contributed by atoms with van der Waals surface area (Å²) >= 11 is 0. The first-order chi connectivity index (χ1) is 15.8. The Kier molecular flexibility index (Phi) is 6.12. The highest BCUT2D eigenvalue weighted by Gasteiger charge is 2.89. The zero-order valence-electron chi connectivity index (χ0n) is 18.9. The van der Waals surface area contributed by atoms with Gasteiger partial charge in [-0.15, -0.1) is 0 Å². The zero-order chi connectivity index (χ0) is 25.1. The Morgan fingerprint density at radius 3 is 2.62 bits per heavy atom. The summed E-state index contributed by atoms with van der Waals surface area (Å²) in [6.07, 6.45) is -3.18. The van der Waals surface area contributed by atoms with Crippen molar-refractivity contribution in [2.45, 2.75) is 75.9 Å². The van der Waals surface area contributed by atoms with Crippen LogP contribution in [-0.4, -0.2) is 63.7 Å². The SMILES string of the molecule is CC(=O)O[C@H](CO[P@]1(=O)OC2[C@H]3O[C@@H](n4ccc(=O)[nH]c4=O)[C@](C)(N)[C@@]23O1)CC(=O)OC(C)C. The molecule has 1 aromatic heterocycles. The average Bonchev–Trinajstić information content (AvgIpc) is 3.02. The first-order valence-electron chi connectivity index (χ1n) is 10.6. The molecule has 188 valence electrons. The lowest BCUT2D eigenvalue weighted by Crippen LogP contribution is -2.57. The number of aromatic nitrogens is 2. The molecule has 1 aromatic rings. The van der Waals surface area contributed by atoms with Crippen LogP contribution in [0.25, 0.3) is 0 Å². The number of nitrogens with zero attached hydrogens (tertiary/aromatic N) is 1. The van der Waals surface area contributed by atoms with Gasteiger partial charge in [-0.2, -0.15) is 0 Å². The summed E-state index contributed by atoms with van der Waals surface area (Å²) in [6.45, 7) is 5.55. The van der Waals surface area contributed by atoms with E-state index < -0.39 is 73.3 Å². The molecular weight excluding hydrogens is 477 g/mol. The third kappa shape index (κ3) is 4.14. The van der Waals surface area contributed by atoms with Crippen LogP contribution in [-0.2, 0) is 41.9 Å². The highest BCUT2D eigenvalue weighted by molar-refractivity contribution is 7.48. The van der Waals surface area contributed by atoms with E-state index in [2.05, 4.69) is 4.98 Å². The Labute approximate surface area is 193 Å². The quantitative estimate of drug-likeness (QED) is 0.349. The lowest BCUT2D eigenvalue weighted by atomic mass is 9.92. The van der Waals surface area contributed by atoms with Crippen LogP contribution in [0.15, 0.2) is 21.9 Å². The molecule has 3 N–H and O–H groups in total. The van der Waals surface area contributed by atoms with Gasteiger partial charge in [0.25, 0.3) is 5.56 Å². The molecule has 7 atom stereocenters. The maximum atomic E-state index is 13.1. The predicted octanol–water partition coefficient (Wildman–Crippen LogP) is -0.283. The lowest BCUT2D eigenvalue weighted by Gasteiger charge is -2.33. The van der Waals surface area contributed by atoms with E-state index in [1.54, 1.807) is 13.8 Å². The fourth-order valence-electron chi connectivity index (χ4n) is 4.31. The van der Waals surface area contributed by atoms with E-state index in [1.165, 1.54) is 13.1 Å². The van der Waals surface area contributed by atoms with Crippen molar-refractivity contribution >= 4 is 19.8 Å². The molecule has 0 bridgehead atoms. The number of nitrogens with two attached hydrogens (primary N) is 1. The second-order valence-corrected chi connectivity index (χ2v) is 10.4. The van der Waals surface area contributed by atoms with E-state index in [9.17, 15) is 23.7 Å². The molecule has 0 radical (unpaired) electrons. The van der Waals surface area contributed by atoms with Crippen molar-refractivity contribution in [3.8, 4) is 0 Å². The number of H-pyrrole nitrogens is 1. The van der Waals surface area contributed by atoms with Crippen LogP contribution < -0.4 is 17.0 Å². The van der Waals surface area contributed by atoms with Gasteiger partial charge in [-0.25, -0.2) is 9.36 Å². The van der Waals surface area contributed by atoms with Crippen molar-refractivity contribution in [1.82, 2.24) is 9.55 Å². The molecule has 4 rings (SSSR count). The van der Waals surface area contributed by atoms with E-state index in [1.807, 2.05) is 0 Å². The molecule has 1 aliphatic carbocycles. The molecule has 2 saturated heterocycles. The third-order valence-electron chi connectivity index (χ3n) is 5.76. The van der Waals surface area contributed by atoms with Crippen LogP contribution in [0.4, 0.5) is 0 Å². The highest BCUT2D eigenvalue weighted by Crippen LogP contribution is 2.77. The predicted molar refractivity (Wildman–Crippen MR) is 111 cm³/mol. The molecule has 0 amide bonds. The normalized spacial score (nSPS) is 36.6. The van der Waals surface area contributed by atoms with Crippen molar-refractivity contribution in [2.75, 3.05) is 6.61 Å². The third-order valence-corrected chi connectivity index (χ3v) is 7.24. The van der Waals surface area contributed by atoms with Crippen LogP contribution in [0.3, 0.4) is 0 Å². The van der Waals surface area contributed by atoms with Gasteiger partial charge in [-0.1, -0.05) is 0 Å². The van der Waals surface area contributed by atoms with Crippen LogP contribution >= 0.6 is 7.82 Å². The first-order valence-corrected chi connectivity index (χ1v) is 12.0. The minimum Gasteiger partial charge on any atom is -0.463 e. The van der Waals surface area contributed by atoms with Gasteiger partial charge in [-0.05, 0) is 20.8 Å². The van der Waals surface area contributed by atoms with Gasteiger partial charge in [0.05, 0.1) is 24.7 Å². The highest BCUT2D eigenvalue weighted by atomic mass is 31.2. The molecular formula is C19H26N3O11P. The molecule has 3 fully saturated rings. The topological polar surface area (TPSA) is 187 Å². The summed E-state index contributed by atoms with van der Waals surface area (Å²) in [5, 5.41) is 0. The Morgan fingerprint density at radius 2 is 2.00 bits per heavy atom. The van der Waals surface area contributed by atoms with Gasteiger partial charge in [0.1, 0.15) is 18.3 Å². The van der Waals surface area contributed by atoms with Crippen LogP contribution in [0.5, 0.6) is 0 Å². The van der Waals surface area contributed by atoms with E-state index in [0.717, 1.165) is 17.6 Å². The van der Waals surface area contributed by atoms with Crippen LogP contribution in [0, 0.1) is 0 Å². The largest absolute Gasteiger partial charge is 0.476 e. The van der Waals surface area contributed by atoms with E-state index in [-0.39, 0.29) is 12.5 Å². The number of rotatable bonds is 8. The number of nitrogens with one attached hydrogen (secondary N) is 1. The smallest absolute Gasteiger partial charge is 0.463 e. The van der Waals surface area contributed by atoms with Crippen molar-refractivity contribution < 1.29 is 41.9 Å². The summed E-state index contributed by atoms with van der Waals surface area (Å²) in [7, 11) is -4.19. The van der Waals surface area contributed by atoms with Gasteiger partial charge in [-0.3, -0.25) is 37.5 Å². The zero-order valence-corrected chi connectivity index (χ0v) is 19.8. The standard InChI is InChI=1S/C19H26N3O11P/c1-9(2)29-13(25)7-11(30-10(3)23)8-28-34(27)32-15-14-19(15,33-34)18(4,20)16(31-14)22-6-5-12(24)21-17(22)26/h5-6,9,11,14-16H,7-8,20H2,1-4H3,(H,21,24,26)/t11-,14+,15?,16+,18-,19-,34+/m0/s1. The monoisotopic (exact) mass is 503 g/mol. The number of hydrogen-bond donors (Lipinski definition) is 2. The fraction of sp³-hybridized carbons (Fsp3) is 0.684. The molecule has 1 spiro atoms. The van der Waals surface area contributed by atoms with E-state index >= 15 is 0 Å². The number of carbonyl (C=O) groups excluding carboxylic acids is 2. The Bertz CT molecular complexity index is 1160. The van der Waals surface area contributed by atoms with Gasteiger partial charge in [0.15, 0.2) is 11.8 Å². The summed E-state index contributed by atoms with van der Waals surface area (Å²) in [6, 6.07) is 1.14. The van der Waals surface area contributed by atoms with Crippen molar-refractivity contribution in [2.24, 2.45) is 5.73 Å². The second-order valence-electron chi connectivity index (χ2n) is 8.84. The number of carbonyl (C=O) groups is 2. The molecule has 3 aliphatic rings. The molecule has 0 aromatic carbocycles. The number of hydrogen-bond acceptors (Lipinski definition) is 12. The molecule has 1 saturated carbocycles. The van der Waals surface area contributed by atoms with Crippen LogP contribution in [0.1, 0.15) is 40.3 Å². The Balaban J connectivity index is 1.45. The fourth-order valence-corrected chi connectivity index (χ4v) is 6.13. The molecule has 34 heavy (non-hydrogen) atoms. The summed E-state index contributed by atoms with van der Waals surface area (Å²) in [4.78, 5) is 49.1.